The molecule has 4 heteroatoms. The molecule has 0 unspecified atom stereocenters. The van der Waals surface area contributed by atoms with E-state index in [1.54, 1.807) is 6.07 Å². The molecule has 0 aliphatic rings. The van der Waals surface area contributed by atoms with Crippen molar-refractivity contribution in [2.45, 2.75) is 19.4 Å². The monoisotopic (exact) mass is 246 g/mol. The summed E-state index contributed by atoms with van der Waals surface area (Å²) in [5.74, 6) is -0.291. The maximum absolute atomic E-state index is 12.9. The molecule has 0 saturated carbocycles. The number of rotatable bonds is 5. The summed E-state index contributed by atoms with van der Waals surface area (Å²) in [5, 5.41) is 2.82. The molecule has 18 heavy (non-hydrogen) atoms. The van der Waals surface area contributed by atoms with Crippen LogP contribution in [-0.2, 0) is 17.8 Å². The number of amides is 1. The van der Waals surface area contributed by atoms with Crippen molar-refractivity contribution < 1.29 is 9.18 Å². The predicted octanol–water partition coefficient (Wildman–Crippen LogP) is 2.40. The van der Waals surface area contributed by atoms with Gasteiger partial charge in [0.15, 0.2) is 0 Å². The van der Waals surface area contributed by atoms with Crippen LogP contribution in [0, 0.1) is 5.82 Å². The van der Waals surface area contributed by atoms with E-state index >= 15 is 0 Å². The molecule has 0 spiro atoms. The van der Waals surface area contributed by atoms with Gasteiger partial charge in [0, 0.05) is 25.4 Å². The molecule has 0 fully saturated rings. The van der Waals surface area contributed by atoms with Gasteiger partial charge in [0.25, 0.3) is 0 Å². The number of H-pyrrole nitrogens is 1. The zero-order chi connectivity index (χ0) is 12.8. The Kier molecular flexibility index (Phi) is 4.12. The van der Waals surface area contributed by atoms with Crippen molar-refractivity contribution in [3.63, 3.8) is 0 Å². The molecule has 1 aromatic carbocycles. The molecule has 1 aromatic heterocycles. The van der Waals surface area contributed by atoms with Crippen LogP contribution in [0.4, 0.5) is 4.39 Å². The fraction of sp³-hybridized carbons (Fsp3) is 0.214. The van der Waals surface area contributed by atoms with Gasteiger partial charge in [0.2, 0.25) is 5.91 Å². The minimum atomic E-state index is -0.264. The molecule has 0 aliphatic carbocycles. The number of aryl methyl sites for hydroxylation is 1. The normalized spacial score (nSPS) is 10.3. The van der Waals surface area contributed by atoms with Crippen molar-refractivity contribution in [2.75, 3.05) is 0 Å². The fourth-order valence-corrected chi connectivity index (χ4v) is 1.71. The van der Waals surface area contributed by atoms with E-state index in [1.807, 2.05) is 24.5 Å². The highest BCUT2D eigenvalue weighted by Crippen LogP contribution is 2.06. The van der Waals surface area contributed by atoms with E-state index in [9.17, 15) is 9.18 Å². The van der Waals surface area contributed by atoms with Crippen molar-refractivity contribution in [3.05, 3.63) is 59.7 Å². The van der Waals surface area contributed by atoms with Gasteiger partial charge in [-0.3, -0.25) is 4.79 Å². The molecule has 1 amide bonds. The van der Waals surface area contributed by atoms with Gasteiger partial charge < -0.3 is 10.3 Å². The van der Waals surface area contributed by atoms with Crippen LogP contribution in [0.2, 0.25) is 0 Å². The minimum absolute atomic E-state index is 0.0274. The van der Waals surface area contributed by atoms with E-state index in [1.165, 1.54) is 12.1 Å². The number of hydrogen-bond donors (Lipinski definition) is 2. The molecule has 0 radical (unpaired) electrons. The summed E-state index contributed by atoms with van der Waals surface area (Å²) < 4.78 is 12.9. The van der Waals surface area contributed by atoms with Gasteiger partial charge in [-0.2, -0.15) is 0 Å². The second kappa shape index (κ2) is 6.00. The molecule has 3 nitrogen and oxygen atoms in total. The van der Waals surface area contributed by atoms with E-state index in [0.717, 1.165) is 11.1 Å². The lowest BCUT2D eigenvalue weighted by Gasteiger charge is -2.04. The Morgan fingerprint density at radius 2 is 2.17 bits per heavy atom. The topological polar surface area (TPSA) is 44.9 Å². The highest BCUT2D eigenvalue weighted by molar-refractivity contribution is 5.76. The Bertz CT molecular complexity index is 508. The largest absolute Gasteiger partial charge is 0.367 e. The lowest BCUT2D eigenvalue weighted by molar-refractivity contribution is -0.121. The Balaban J connectivity index is 1.75. The highest BCUT2D eigenvalue weighted by atomic mass is 19.1. The summed E-state index contributed by atoms with van der Waals surface area (Å²) in [6.45, 7) is 0.519. The van der Waals surface area contributed by atoms with Gasteiger partial charge in [-0.1, -0.05) is 12.1 Å². The zero-order valence-electron chi connectivity index (χ0n) is 9.95. The summed E-state index contributed by atoms with van der Waals surface area (Å²) in [6.07, 6.45) is 4.58. The zero-order valence-corrected chi connectivity index (χ0v) is 9.95. The first kappa shape index (κ1) is 12.4. The van der Waals surface area contributed by atoms with Crippen LogP contribution in [0.3, 0.4) is 0 Å². The van der Waals surface area contributed by atoms with E-state index in [4.69, 9.17) is 0 Å². The Morgan fingerprint density at radius 3 is 2.89 bits per heavy atom. The first-order valence-corrected chi connectivity index (χ1v) is 5.87. The molecular weight excluding hydrogens is 231 g/mol. The van der Waals surface area contributed by atoms with Crippen LogP contribution in [0.1, 0.15) is 17.5 Å². The third-order valence-corrected chi connectivity index (χ3v) is 2.68. The van der Waals surface area contributed by atoms with Crippen LogP contribution in [0.5, 0.6) is 0 Å². The van der Waals surface area contributed by atoms with Gasteiger partial charge in [0.05, 0.1) is 0 Å². The summed E-state index contributed by atoms with van der Waals surface area (Å²) in [4.78, 5) is 14.5. The summed E-state index contributed by atoms with van der Waals surface area (Å²) in [7, 11) is 0. The van der Waals surface area contributed by atoms with Crippen LogP contribution < -0.4 is 5.32 Å². The minimum Gasteiger partial charge on any atom is -0.367 e. The average Bonchev–Trinajstić information content (AvgIpc) is 2.87. The number of hydrogen-bond acceptors (Lipinski definition) is 1. The Morgan fingerprint density at radius 1 is 1.28 bits per heavy atom. The van der Waals surface area contributed by atoms with Crippen molar-refractivity contribution in [1.82, 2.24) is 10.3 Å². The maximum atomic E-state index is 12.9. The van der Waals surface area contributed by atoms with Crippen molar-refractivity contribution in [3.8, 4) is 0 Å². The summed E-state index contributed by atoms with van der Waals surface area (Å²) in [5.41, 5.74) is 1.88. The van der Waals surface area contributed by atoms with Crippen molar-refractivity contribution >= 4 is 5.91 Å². The summed E-state index contributed by atoms with van der Waals surface area (Å²) in [6, 6.07) is 8.24. The second-order valence-electron chi connectivity index (χ2n) is 4.13. The highest BCUT2D eigenvalue weighted by Gasteiger charge is 2.03. The first-order chi connectivity index (χ1) is 8.74. The van der Waals surface area contributed by atoms with E-state index in [2.05, 4.69) is 10.3 Å². The Hall–Kier alpha value is -2.10. The van der Waals surface area contributed by atoms with E-state index < -0.39 is 0 Å². The number of aromatic nitrogens is 1. The number of carbonyl (C=O) groups is 1. The van der Waals surface area contributed by atoms with Gasteiger partial charge in [-0.15, -0.1) is 0 Å². The molecule has 0 atom stereocenters. The van der Waals surface area contributed by atoms with Crippen LogP contribution in [0.25, 0.3) is 0 Å². The second-order valence-corrected chi connectivity index (χ2v) is 4.13. The van der Waals surface area contributed by atoms with Crippen LogP contribution >= 0.6 is 0 Å². The predicted molar refractivity (Wildman–Crippen MR) is 67.4 cm³/mol. The third-order valence-electron chi connectivity index (χ3n) is 2.68. The van der Waals surface area contributed by atoms with E-state index in [0.29, 0.717) is 19.4 Å². The first-order valence-electron chi connectivity index (χ1n) is 5.87. The fourth-order valence-electron chi connectivity index (χ4n) is 1.71. The van der Waals surface area contributed by atoms with Gasteiger partial charge in [-0.05, 0) is 35.7 Å². The lowest BCUT2D eigenvalue weighted by atomic mass is 10.1. The molecule has 1 heterocycles. The number of benzene rings is 1. The van der Waals surface area contributed by atoms with Gasteiger partial charge in [-0.25, -0.2) is 4.39 Å². The van der Waals surface area contributed by atoms with E-state index in [-0.39, 0.29) is 11.7 Å². The molecule has 2 aromatic rings. The SMILES string of the molecule is O=C(CCc1cccc(F)c1)NCc1cc[nH]c1. The summed E-state index contributed by atoms with van der Waals surface area (Å²) >= 11 is 0. The quantitative estimate of drug-likeness (QED) is 0.836. The molecule has 0 saturated heterocycles. The molecule has 2 N–H and O–H groups in total. The number of nitrogens with one attached hydrogen (secondary N) is 2. The standard InChI is InChI=1S/C14H15FN2O/c15-13-3-1-2-11(8-13)4-5-14(18)17-10-12-6-7-16-9-12/h1-3,6-9,16H,4-5,10H2,(H,17,18). The number of carbonyl (C=O) groups excluding carboxylic acids is 1. The molecule has 0 bridgehead atoms. The van der Waals surface area contributed by atoms with Gasteiger partial charge >= 0.3 is 0 Å². The van der Waals surface area contributed by atoms with Crippen LogP contribution in [0.15, 0.2) is 42.7 Å². The number of halogens is 1. The smallest absolute Gasteiger partial charge is 0.220 e. The van der Waals surface area contributed by atoms with Gasteiger partial charge in [0.1, 0.15) is 5.82 Å². The maximum Gasteiger partial charge on any atom is 0.220 e. The lowest BCUT2D eigenvalue weighted by Crippen LogP contribution is -2.22. The Labute approximate surface area is 105 Å². The molecule has 2 rings (SSSR count). The van der Waals surface area contributed by atoms with Crippen molar-refractivity contribution in [2.24, 2.45) is 0 Å². The number of aromatic amines is 1. The molecule has 0 aliphatic heterocycles. The molecular formula is C14H15FN2O. The average molecular weight is 246 g/mol. The van der Waals surface area contributed by atoms with Crippen LogP contribution in [-0.4, -0.2) is 10.9 Å². The third kappa shape index (κ3) is 3.73. The molecule has 94 valence electrons. The van der Waals surface area contributed by atoms with Crippen molar-refractivity contribution in [1.29, 1.82) is 0 Å².